The lowest BCUT2D eigenvalue weighted by molar-refractivity contribution is 0.0695. The van der Waals surface area contributed by atoms with Crippen molar-refractivity contribution in [2.24, 2.45) is 5.73 Å². The van der Waals surface area contributed by atoms with Gasteiger partial charge in [-0.2, -0.15) is 0 Å². The van der Waals surface area contributed by atoms with Crippen molar-refractivity contribution in [3.63, 3.8) is 0 Å². The van der Waals surface area contributed by atoms with Gasteiger partial charge in [0.05, 0.1) is 6.04 Å². The molecule has 0 aliphatic heterocycles. The van der Waals surface area contributed by atoms with Gasteiger partial charge in [0.25, 0.3) is 0 Å². The fourth-order valence-corrected chi connectivity index (χ4v) is 1.14. The van der Waals surface area contributed by atoms with Crippen molar-refractivity contribution in [3.05, 3.63) is 10.0 Å². The van der Waals surface area contributed by atoms with Crippen LogP contribution in [0.5, 0.6) is 0 Å². The van der Waals surface area contributed by atoms with Gasteiger partial charge >= 0.3 is 5.97 Å². The molecule has 1 unspecified atom stereocenters. The Kier molecular flexibility index (Phi) is 2.16. The molecular weight excluding hydrogens is 166 g/mol. The molecule has 1 heterocycles. The lowest BCUT2D eigenvalue weighted by atomic mass is 10.4. The number of hydrogen-bond donors (Lipinski definition) is 2. The zero-order valence-corrected chi connectivity index (χ0v) is 6.63. The standard InChI is InChI=1S/C5H7N3O2S/c1-2(6)3-7-8-4(11-3)5(9)10/h2H,6H2,1H3,(H,9,10). The van der Waals surface area contributed by atoms with Crippen LogP contribution < -0.4 is 5.73 Å². The van der Waals surface area contributed by atoms with Gasteiger partial charge in [0, 0.05) is 0 Å². The SMILES string of the molecule is CC(N)c1nnc(C(=O)O)s1. The smallest absolute Gasteiger partial charge is 0.367 e. The lowest BCUT2D eigenvalue weighted by Gasteiger charge is -1.93. The van der Waals surface area contributed by atoms with E-state index >= 15 is 0 Å². The molecule has 0 aliphatic rings. The second-order valence-corrected chi connectivity index (χ2v) is 3.05. The molecule has 0 radical (unpaired) electrons. The van der Waals surface area contributed by atoms with Crippen LogP contribution in [0.2, 0.25) is 0 Å². The molecule has 0 aliphatic carbocycles. The maximum Gasteiger partial charge on any atom is 0.367 e. The first kappa shape index (κ1) is 8.09. The van der Waals surface area contributed by atoms with Gasteiger partial charge in [0.2, 0.25) is 5.01 Å². The van der Waals surface area contributed by atoms with E-state index in [0.29, 0.717) is 5.01 Å². The summed E-state index contributed by atoms with van der Waals surface area (Å²) in [5.74, 6) is -1.06. The van der Waals surface area contributed by atoms with E-state index in [2.05, 4.69) is 10.2 Å². The molecule has 0 bridgehead atoms. The van der Waals surface area contributed by atoms with E-state index in [1.807, 2.05) is 0 Å². The highest BCUT2D eigenvalue weighted by Gasteiger charge is 2.12. The van der Waals surface area contributed by atoms with Gasteiger partial charge in [0.1, 0.15) is 5.01 Å². The minimum absolute atomic E-state index is 0.0164. The van der Waals surface area contributed by atoms with Gasteiger partial charge < -0.3 is 10.8 Å². The predicted octanol–water partition coefficient (Wildman–Crippen LogP) is 0.256. The monoisotopic (exact) mass is 173 g/mol. The minimum Gasteiger partial charge on any atom is -0.476 e. The zero-order chi connectivity index (χ0) is 8.43. The Bertz CT molecular complexity index is 270. The van der Waals surface area contributed by atoms with Crippen LogP contribution in [0.1, 0.15) is 27.8 Å². The normalized spacial score (nSPS) is 12.9. The van der Waals surface area contributed by atoms with Gasteiger partial charge in [-0.25, -0.2) is 4.79 Å². The number of aromatic nitrogens is 2. The van der Waals surface area contributed by atoms with E-state index in [1.165, 1.54) is 0 Å². The number of nitrogens with two attached hydrogens (primary N) is 1. The van der Waals surface area contributed by atoms with Gasteiger partial charge in [-0.3, -0.25) is 0 Å². The highest BCUT2D eigenvalue weighted by atomic mass is 32.1. The Hall–Kier alpha value is -1.01. The third kappa shape index (κ3) is 1.72. The summed E-state index contributed by atoms with van der Waals surface area (Å²) in [5, 5.41) is 16.0. The van der Waals surface area contributed by atoms with Crippen molar-refractivity contribution in [2.45, 2.75) is 13.0 Å². The van der Waals surface area contributed by atoms with E-state index in [9.17, 15) is 4.79 Å². The number of hydrogen-bond acceptors (Lipinski definition) is 5. The maximum absolute atomic E-state index is 10.3. The minimum atomic E-state index is -1.06. The van der Waals surface area contributed by atoms with Crippen molar-refractivity contribution >= 4 is 17.3 Å². The van der Waals surface area contributed by atoms with E-state index in [-0.39, 0.29) is 11.0 Å². The van der Waals surface area contributed by atoms with Gasteiger partial charge in [0.15, 0.2) is 0 Å². The second kappa shape index (κ2) is 2.93. The summed E-state index contributed by atoms with van der Waals surface area (Å²) in [7, 11) is 0. The average molecular weight is 173 g/mol. The van der Waals surface area contributed by atoms with Gasteiger partial charge in [-0.05, 0) is 6.92 Å². The fraction of sp³-hybridized carbons (Fsp3) is 0.400. The summed E-state index contributed by atoms with van der Waals surface area (Å²) in [5.41, 5.74) is 5.44. The Labute approximate surface area is 66.9 Å². The summed E-state index contributed by atoms with van der Waals surface area (Å²) in [4.78, 5) is 10.3. The largest absolute Gasteiger partial charge is 0.476 e. The third-order valence-corrected chi connectivity index (χ3v) is 2.13. The van der Waals surface area contributed by atoms with E-state index in [4.69, 9.17) is 10.8 Å². The summed E-state index contributed by atoms with van der Waals surface area (Å²) < 4.78 is 0. The van der Waals surface area contributed by atoms with Crippen LogP contribution in [0.25, 0.3) is 0 Å². The Balaban J connectivity index is 2.90. The molecule has 5 nitrogen and oxygen atoms in total. The number of carboxylic acid groups (broad SMARTS) is 1. The van der Waals surface area contributed by atoms with Crippen LogP contribution in [0, 0.1) is 0 Å². The van der Waals surface area contributed by atoms with Gasteiger partial charge in [-0.15, -0.1) is 10.2 Å². The number of rotatable bonds is 2. The molecule has 0 aromatic carbocycles. The van der Waals surface area contributed by atoms with Crippen molar-refractivity contribution in [1.29, 1.82) is 0 Å². The molecule has 0 amide bonds. The van der Waals surface area contributed by atoms with Gasteiger partial charge in [-0.1, -0.05) is 11.3 Å². The summed E-state index contributed by atoms with van der Waals surface area (Å²) in [6, 6.07) is -0.249. The molecule has 1 rings (SSSR count). The molecule has 0 fully saturated rings. The van der Waals surface area contributed by atoms with Crippen LogP contribution in [0.4, 0.5) is 0 Å². The summed E-state index contributed by atoms with van der Waals surface area (Å²) in [6.45, 7) is 1.73. The molecule has 1 atom stereocenters. The van der Waals surface area contributed by atoms with E-state index in [0.717, 1.165) is 11.3 Å². The maximum atomic E-state index is 10.3. The van der Waals surface area contributed by atoms with E-state index in [1.54, 1.807) is 6.92 Å². The highest BCUT2D eigenvalue weighted by molar-refractivity contribution is 7.13. The first-order chi connectivity index (χ1) is 5.11. The van der Waals surface area contributed by atoms with Crippen molar-refractivity contribution < 1.29 is 9.90 Å². The second-order valence-electron chi connectivity index (χ2n) is 2.04. The Morgan fingerprint density at radius 3 is 2.64 bits per heavy atom. The first-order valence-electron chi connectivity index (χ1n) is 2.93. The molecule has 60 valence electrons. The van der Waals surface area contributed by atoms with Crippen molar-refractivity contribution in [2.75, 3.05) is 0 Å². The number of nitrogens with zero attached hydrogens (tertiary/aromatic N) is 2. The number of carbonyl (C=O) groups is 1. The summed E-state index contributed by atoms with van der Waals surface area (Å²) >= 11 is 1.00. The van der Waals surface area contributed by atoms with Crippen LogP contribution in [-0.4, -0.2) is 21.3 Å². The van der Waals surface area contributed by atoms with Crippen LogP contribution in [0.3, 0.4) is 0 Å². The molecule has 1 aromatic rings. The van der Waals surface area contributed by atoms with Crippen molar-refractivity contribution in [1.82, 2.24) is 10.2 Å². The zero-order valence-electron chi connectivity index (χ0n) is 5.81. The molecule has 6 heteroatoms. The molecule has 11 heavy (non-hydrogen) atoms. The topological polar surface area (TPSA) is 89.1 Å². The highest BCUT2D eigenvalue weighted by Crippen LogP contribution is 2.14. The Morgan fingerprint density at radius 1 is 1.73 bits per heavy atom. The molecule has 1 aromatic heterocycles. The van der Waals surface area contributed by atoms with Crippen LogP contribution >= 0.6 is 11.3 Å². The molecule has 0 saturated carbocycles. The lowest BCUT2D eigenvalue weighted by Crippen LogP contribution is -2.03. The average Bonchev–Trinajstić information content (AvgIpc) is 2.33. The Morgan fingerprint density at radius 2 is 2.36 bits per heavy atom. The number of aromatic carboxylic acids is 1. The van der Waals surface area contributed by atoms with Crippen molar-refractivity contribution in [3.8, 4) is 0 Å². The molecule has 0 spiro atoms. The molecular formula is C5H7N3O2S. The van der Waals surface area contributed by atoms with Crippen LogP contribution in [0.15, 0.2) is 0 Å². The predicted molar refractivity (Wildman–Crippen MR) is 39.5 cm³/mol. The quantitative estimate of drug-likeness (QED) is 0.669. The first-order valence-corrected chi connectivity index (χ1v) is 3.75. The molecule has 3 N–H and O–H groups in total. The third-order valence-electron chi connectivity index (χ3n) is 1.01. The fourth-order valence-electron chi connectivity index (χ4n) is 0.505. The van der Waals surface area contributed by atoms with Crippen LogP contribution in [-0.2, 0) is 0 Å². The summed E-state index contributed by atoms with van der Waals surface area (Å²) in [6.07, 6.45) is 0. The molecule has 0 saturated heterocycles. The van der Waals surface area contributed by atoms with E-state index < -0.39 is 5.97 Å². The number of carboxylic acids is 1.